The third-order valence-corrected chi connectivity index (χ3v) is 3.93. The van der Waals surface area contributed by atoms with Crippen molar-refractivity contribution in [1.82, 2.24) is 0 Å². The lowest BCUT2D eigenvalue weighted by Crippen LogP contribution is -2.71. The standard InChI is InChI=1S/C14H5F23O5/c1-2-39-3(38)4(15,8(19,20)21)40-13(34,35)7(18,12(31,32)33)42-14(36,37)6(17,11(28,29)30)41-5(16,9(22,23)24)10(25,26)27/h2H2,1H3/t4-,6-,7-/m1/s1. The SMILES string of the molecule is CCOC(=O)[C@@](F)(OC(F)(F)[C@](F)(OC(F)(F)[C@](F)(OC(F)(C(F)(F)F)C(F)(F)F)C(F)(F)F)C(F)(F)F)C(F)(F)F. The van der Waals surface area contributed by atoms with Gasteiger partial charge in [-0.15, -0.1) is 0 Å². The maximum Gasteiger partial charge on any atom is 0.460 e. The minimum absolute atomic E-state index is 0.413. The summed E-state index contributed by atoms with van der Waals surface area (Å²) in [6, 6.07) is 0. The molecular weight excluding hydrogens is 685 g/mol. The molecular formula is C14H5F23O5. The molecule has 0 saturated heterocycles. The Kier molecular flexibility index (Phi) is 10.1. The van der Waals surface area contributed by atoms with E-state index in [2.05, 4.69) is 4.74 Å². The molecule has 0 aliphatic rings. The van der Waals surface area contributed by atoms with Gasteiger partial charge in [-0.05, 0) is 6.92 Å². The van der Waals surface area contributed by atoms with Gasteiger partial charge in [-0.1, -0.05) is 0 Å². The zero-order valence-corrected chi connectivity index (χ0v) is 18.4. The summed E-state index contributed by atoms with van der Waals surface area (Å²) < 4.78 is 309. The summed E-state index contributed by atoms with van der Waals surface area (Å²) in [6.07, 6.45) is -57.8. The molecule has 28 heteroatoms. The normalized spacial score (nSPS) is 19.5. The zero-order valence-electron chi connectivity index (χ0n) is 18.4. The van der Waals surface area contributed by atoms with Crippen molar-refractivity contribution in [3.05, 3.63) is 0 Å². The van der Waals surface area contributed by atoms with Crippen molar-refractivity contribution in [1.29, 1.82) is 0 Å². The van der Waals surface area contributed by atoms with Crippen LogP contribution in [0, 0.1) is 0 Å². The Labute approximate surface area is 212 Å². The van der Waals surface area contributed by atoms with Crippen molar-refractivity contribution in [2.24, 2.45) is 0 Å². The number of esters is 1. The number of ether oxygens (including phenoxy) is 4. The molecule has 5 nitrogen and oxygen atoms in total. The van der Waals surface area contributed by atoms with Gasteiger partial charge in [0.05, 0.1) is 6.61 Å². The maximum absolute atomic E-state index is 14.2. The summed E-state index contributed by atoms with van der Waals surface area (Å²) in [7, 11) is 0. The number of hydrogen-bond donors (Lipinski definition) is 0. The Hall–Kier alpha value is -2.26. The first-order valence-corrected chi connectivity index (χ1v) is 8.98. The molecule has 0 aliphatic heterocycles. The molecule has 0 spiro atoms. The predicted molar refractivity (Wildman–Crippen MR) is 75.4 cm³/mol. The van der Waals surface area contributed by atoms with Gasteiger partial charge in [0.1, 0.15) is 0 Å². The number of carbonyl (C=O) groups excluding carboxylic acids is 1. The molecule has 0 aromatic carbocycles. The molecule has 0 rings (SSSR count). The van der Waals surface area contributed by atoms with Crippen LogP contribution in [0.15, 0.2) is 0 Å². The van der Waals surface area contributed by atoms with Gasteiger partial charge in [0, 0.05) is 0 Å². The largest absolute Gasteiger partial charge is 0.462 e. The van der Waals surface area contributed by atoms with Crippen molar-refractivity contribution >= 4 is 5.97 Å². The summed E-state index contributed by atoms with van der Waals surface area (Å²) >= 11 is 0. The summed E-state index contributed by atoms with van der Waals surface area (Å²) in [5.41, 5.74) is 0. The molecule has 3 atom stereocenters. The number of halogens is 23. The molecule has 0 amide bonds. The minimum Gasteiger partial charge on any atom is -0.462 e. The van der Waals surface area contributed by atoms with Gasteiger partial charge in [-0.3, -0.25) is 14.2 Å². The molecule has 0 saturated carbocycles. The maximum atomic E-state index is 14.2. The van der Waals surface area contributed by atoms with E-state index in [1.54, 1.807) is 4.74 Å². The Morgan fingerprint density at radius 2 is 0.714 bits per heavy atom. The van der Waals surface area contributed by atoms with Crippen LogP contribution in [0.5, 0.6) is 0 Å². The number of carbonyl (C=O) groups is 1. The van der Waals surface area contributed by atoms with Crippen LogP contribution in [0.3, 0.4) is 0 Å². The first-order valence-electron chi connectivity index (χ1n) is 8.98. The zero-order chi connectivity index (χ0) is 34.6. The summed E-state index contributed by atoms with van der Waals surface area (Å²) in [5.74, 6) is -36.8. The van der Waals surface area contributed by atoms with Gasteiger partial charge in [0.15, 0.2) is 0 Å². The fraction of sp³-hybridized carbons (Fsp3) is 0.929. The van der Waals surface area contributed by atoms with E-state index in [-0.39, 0.29) is 0 Å². The van der Waals surface area contributed by atoms with Crippen molar-refractivity contribution in [3.63, 3.8) is 0 Å². The minimum atomic E-state index is -8.81. The lowest BCUT2D eigenvalue weighted by atomic mass is 10.2. The van der Waals surface area contributed by atoms with Crippen molar-refractivity contribution < 1.29 is 125 Å². The van der Waals surface area contributed by atoms with Crippen molar-refractivity contribution in [2.45, 2.75) is 73.4 Å². The molecule has 0 aromatic rings. The van der Waals surface area contributed by atoms with Crippen LogP contribution in [0.1, 0.15) is 6.92 Å². The van der Waals surface area contributed by atoms with Crippen molar-refractivity contribution in [3.8, 4) is 0 Å². The van der Waals surface area contributed by atoms with Crippen LogP contribution >= 0.6 is 0 Å². The number of hydrogen-bond acceptors (Lipinski definition) is 5. The van der Waals surface area contributed by atoms with Gasteiger partial charge in [-0.2, -0.15) is 101 Å². The third kappa shape index (κ3) is 6.62. The average Bonchev–Trinajstić information content (AvgIpc) is 2.68. The highest BCUT2D eigenvalue weighted by molar-refractivity contribution is 5.78. The van der Waals surface area contributed by atoms with Crippen LogP contribution in [0.4, 0.5) is 101 Å². The summed E-state index contributed by atoms with van der Waals surface area (Å²) in [6.45, 7) is -1.11. The second kappa shape index (κ2) is 10.7. The Morgan fingerprint density at radius 1 is 0.429 bits per heavy atom. The van der Waals surface area contributed by atoms with Gasteiger partial charge in [0.25, 0.3) is 0 Å². The highest BCUT2D eigenvalue weighted by atomic mass is 19.4. The molecule has 0 aliphatic carbocycles. The summed E-state index contributed by atoms with van der Waals surface area (Å²) in [5, 5.41) is 0. The molecule has 252 valence electrons. The van der Waals surface area contributed by atoms with Gasteiger partial charge >= 0.3 is 72.5 Å². The lowest BCUT2D eigenvalue weighted by Gasteiger charge is -2.43. The summed E-state index contributed by atoms with van der Waals surface area (Å²) in [4.78, 5) is 11.0. The van der Waals surface area contributed by atoms with Gasteiger partial charge in [0.2, 0.25) is 0 Å². The smallest absolute Gasteiger partial charge is 0.460 e. The highest BCUT2D eigenvalue weighted by Crippen LogP contribution is 2.59. The first-order chi connectivity index (χ1) is 17.9. The quantitative estimate of drug-likeness (QED) is 0.179. The first kappa shape index (κ1) is 39.7. The van der Waals surface area contributed by atoms with E-state index in [0.29, 0.717) is 6.92 Å². The second-order valence-electron chi connectivity index (χ2n) is 6.93. The molecule has 0 heterocycles. The Bertz CT molecular complexity index is 947. The fourth-order valence-corrected chi connectivity index (χ4v) is 1.96. The monoisotopic (exact) mass is 690 g/mol. The van der Waals surface area contributed by atoms with E-state index in [1.807, 2.05) is 0 Å². The second-order valence-corrected chi connectivity index (χ2v) is 6.93. The van der Waals surface area contributed by atoms with E-state index in [1.165, 1.54) is 0 Å². The molecule has 0 aromatic heterocycles. The van der Waals surface area contributed by atoms with E-state index in [0.717, 1.165) is 9.47 Å². The van der Waals surface area contributed by atoms with Crippen LogP contribution in [0.2, 0.25) is 0 Å². The van der Waals surface area contributed by atoms with Crippen LogP contribution in [-0.2, 0) is 23.7 Å². The molecule has 0 fully saturated rings. The third-order valence-electron chi connectivity index (χ3n) is 3.93. The number of alkyl halides is 23. The van der Waals surface area contributed by atoms with Crippen LogP contribution in [0.25, 0.3) is 0 Å². The fourth-order valence-electron chi connectivity index (χ4n) is 1.96. The van der Waals surface area contributed by atoms with Gasteiger partial charge < -0.3 is 4.74 Å². The van der Waals surface area contributed by atoms with E-state index in [9.17, 15) is 106 Å². The molecule has 0 radical (unpaired) electrons. The molecule has 42 heavy (non-hydrogen) atoms. The topological polar surface area (TPSA) is 54.0 Å². The highest BCUT2D eigenvalue weighted by Gasteiger charge is 2.89. The molecule has 0 N–H and O–H groups in total. The van der Waals surface area contributed by atoms with E-state index >= 15 is 0 Å². The van der Waals surface area contributed by atoms with E-state index < -0.39 is 79.1 Å². The Balaban J connectivity index is 7.42. The van der Waals surface area contributed by atoms with Gasteiger partial charge in [-0.25, -0.2) is 4.79 Å². The van der Waals surface area contributed by atoms with Crippen LogP contribution in [-0.4, -0.2) is 79.1 Å². The number of rotatable bonds is 10. The average molecular weight is 690 g/mol. The lowest BCUT2D eigenvalue weighted by molar-refractivity contribution is -0.579. The van der Waals surface area contributed by atoms with Crippen molar-refractivity contribution in [2.75, 3.05) is 6.61 Å². The predicted octanol–water partition coefficient (Wildman–Crippen LogP) is 7.26. The van der Waals surface area contributed by atoms with E-state index in [4.69, 9.17) is 0 Å². The molecule has 0 unspecified atom stereocenters. The molecule has 0 bridgehead atoms. The Morgan fingerprint density at radius 3 is 0.976 bits per heavy atom. The van der Waals surface area contributed by atoms with Crippen LogP contribution < -0.4 is 0 Å².